The van der Waals surface area contributed by atoms with Crippen LogP contribution in [0.15, 0.2) is 12.3 Å². The molecule has 0 spiro atoms. The fourth-order valence-electron chi connectivity index (χ4n) is 2.60. The Labute approximate surface area is 119 Å². The summed E-state index contributed by atoms with van der Waals surface area (Å²) in [7, 11) is 1.77. The minimum absolute atomic E-state index is 0.00306. The van der Waals surface area contributed by atoms with Crippen molar-refractivity contribution in [1.82, 2.24) is 9.88 Å². The molecule has 4 nitrogen and oxygen atoms in total. The van der Waals surface area contributed by atoms with Crippen molar-refractivity contribution in [2.24, 2.45) is 5.92 Å². The van der Waals surface area contributed by atoms with E-state index in [-0.39, 0.29) is 11.9 Å². The van der Waals surface area contributed by atoms with E-state index in [1.165, 1.54) is 6.20 Å². The van der Waals surface area contributed by atoms with Gasteiger partial charge in [-0.3, -0.25) is 4.79 Å². The Morgan fingerprint density at radius 3 is 2.89 bits per heavy atom. The molecule has 0 saturated carbocycles. The van der Waals surface area contributed by atoms with Crippen molar-refractivity contribution in [3.63, 3.8) is 0 Å². The molecule has 1 aromatic rings. The molecule has 0 aromatic carbocycles. The zero-order valence-corrected chi connectivity index (χ0v) is 12.4. The summed E-state index contributed by atoms with van der Waals surface area (Å²) < 4.78 is 0. The third kappa shape index (κ3) is 3.00. The van der Waals surface area contributed by atoms with Gasteiger partial charge in [-0.15, -0.1) is 0 Å². The van der Waals surface area contributed by atoms with Crippen LogP contribution in [0.3, 0.4) is 0 Å². The highest BCUT2D eigenvalue weighted by molar-refractivity contribution is 6.33. The number of piperidine rings is 1. The van der Waals surface area contributed by atoms with Crippen molar-refractivity contribution < 1.29 is 4.79 Å². The van der Waals surface area contributed by atoms with Gasteiger partial charge in [0.25, 0.3) is 5.91 Å². The van der Waals surface area contributed by atoms with Crippen LogP contribution in [-0.4, -0.2) is 35.4 Å². The van der Waals surface area contributed by atoms with E-state index < -0.39 is 0 Å². The van der Waals surface area contributed by atoms with Crippen molar-refractivity contribution in [3.8, 4) is 0 Å². The van der Waals surface area contributed by atoms with E-state index in [0.717, 1.165) is 19.4 Å². The van der Waals surface area contributed by atoms with Crippen molar-refractivity contribution in [2.45, 2.75) is 32.7 Å². The molecule has 5 heteroatoms. The van der Waals surface area contributed by atoms with Gasteiger partial charge in [-0.2, -0.15) is 0 Å². The molecule has 2 heterocycles. The fourth-order valence-corrected chi connectivity index (χ4v) is 2.79. The number of rotatable bonds is 2. The van der Waals surface area contributed by atoms with Crippen molar-refractivity contribution in [2.75, 3.05) is 18.9 Å². The second kappa shape index (κ2) is 5.78. The summed E-state index contributed by atoms with van der Waals surface area (Å²) in [6.07, 6.45) is 3.63. The quantitative estimate of drug-likeness (QED) is 0.906. The van der Waals surface area contributed by atoms with Crippen LogP contribution in [0.1, 0.15) is 37.0 Å². The molecular weight excluding hydrogens is 262 g/mol. The first-order valence-electron chi connectivity index (χ1n) is 6.67. The number of likely N-dealkylation sites (tertiary alicyclic amines) is 1. The van der Waals surface area contributed by atoms with Crippen LogP contribution in [0.4, 0.5) is 5.82 Å². The van der Waals surface area contributed by atoms with E-state index in [2.05, 4.69) is 24.1 Å². The van der Waals surface area contributed by atoms with Crippen LogP contribution in [0, 0.1) is 5.92 Å². The molecule has 0 bridgehead atoms. The summed E-state index contributed by atoms with van der Waals surface area (Å²) >= 11 is 6.11. The maximum atomic E-state index is 12.6. The predicted molar refractivity (Wildman–Crippen MR) is 77.7 cm³/mol. The third-order valence-electron chi connectivity index (χ3n) is 3.74. The molecule has 1 N–H and O–H groups in total. The summed E-state index contributed by atoms with van der Waals surface area (Å²) in [6, 6.07) is 1.98. The maximum Gasteiger partial charge on any atom is 0.255 e. The number of aromatic nitrogens is 1. The monoisotopic (exact) mass is 281 g/mol. The fraction of sp³-hybridized carbons (Fsp3) is 0.571. The van der Waals surface area contributed by atoms with Gasteiger partial charge in [0.15, 0.2) is 0 Å². The molecule has 2 atom stereocenters. The Balaban J connectivity index is 2.24. The largest absolute Gasteiger partial charge is 0.373 e. The van der Waals surface area contributed by atoms with Gasteiger partial charge >= 0.3 is 0 Å². The Kier molecular flexibility index (Phi) is 4.30. The van der Waals surface area contributed by atoms with Crippen LogP contribution < -0.4 is 5.32 Å². The predicted octanol–water partition coefficient (Wildman–Crippen LogP) is 3.04. The lowest BCUT2D eigenvalue weighted by Gasteiger charge is -2.36. The molecule has 104 valence electrons. The summed E-state index contributed by atoms with van der Waals surface area (Å²) in [5, 5.41) is 3.34. The summed E-state index contributed by atoms with van der Waals surface area (Å²) in [5.41, 5.74) is 0.530. The molecule has 19 heavy (non-hydrogen) atoms. The van der Waals surface area contributed by atoms with Gasteiger partial charge < -0.3 is 10.2 Å². The molecule has 1 fully saturated rings. The highest BCUT2D eigenvalue weighted by Crippen LogP contribution is 2.26. The SMILES string of the molecule is CNc1cc(C(=O)N2CCC(C)CC2C)c(Cl)cn1. The number of hydrogen-bond donors (Lipinski definition) is 1. The number of pyridine rings is 1. The van der Waals surface area contributed by atoms with E-state index in [1.807, 2.05) is 4.90 Å². The molecule has 1 aromatic heterocycles. The first-order valence-corrected chi connectivity index (χ1v) is 7.05. The van der Waals surface area contributed by atoms with Crippen LogP contribution >= 0.6 is 11.6 Å². The van der Waals surface area contributed by atoms with Gasteiger partial charge in [-0.25, -0.2) is 4.98 Å². The van der Waals surface area contributed by atoms with Crippen molar-refractivity contribution in [1.29, 1.82) is 0 Å². The van der Waals surface area contributed by atoms with Gasteiger partial charge in [0.1, 0.15) is 5.82 Å². The highest BCUT2D eigenvalue weighted by atomic mass is 35.5. The maximum absolute atomic E-state index is 12.6. The summed E-state index contributed by atoms with van der Waals surface area (Å²) in [4.78, 5) is 18.6. The number of carbonyl (C=O) groups excluding carboxylic acids is 1. The number of amides is 1. The Hall–Kier alpha value is -1.29. The standard InChI is InChI=1S/C14H20ClN3O/c1-9-4-5-18(10(2)6-9)14(19)11-7-13(16-3)17-8-12(11)15/h7-10H,4-6H2,1-3H3,(H,16,17). The van der Waals surface area contributed by atoms with E-state index >= 15 is 0 Å². The Bertz CT molecular complexity index is 478. The van der Waals surface area contributed by atoms with Crippen molar-refractivity contribution in [3.05, 3.63) is 22.8 Å². The van der Waals surface area contributed by atoms with E-state index in [0.29, 0.717) is 22.3 Å². The number of nitrogens with zero attached hydrogens (tertiary/aromatic N) is 2. The topological polar surface area (TPSA) is 45.2 Å². The lowest BCUT2D eigenvalue weighted by molar-refractivity contribution is 0.0589. The number of halogens is 1. The van der Waals surface area contributed by atoms with E-state index in [1.54, 1.807) is 13.1 Å². The van der Waals surface area contributed by atoms with E-state index in [9.17, 15) is 4.79 Å². The number of hydrogen-bond acceptors (Lipinski definition) is 3. The zero-order valence-electron chi connectivity index (χ0n) is 11.6. The normalized spacial score (nSPS) is 23.3. The minimum Gasteiger partial charge on any atom is -0.373 e. The van der Waals surface area contributed by atoms with Gasteiger partial charge in [0, 0.05) is 25.8 Å². The molecule has 1 aliphatic rings. The second-order valence-electron chi connectivity index (χ2n) is 5.28. The molecular formula is C14H20ClN3O. The molecule has 0 radical (unpaired) electrons. The average Bonchev–Trinajstić information content (AvgIpc) is 2.38. The third-order valence-corrected chi connectivity index (χ3v) is 4.04. The lowest BCUT2D eigenvalue weighted by Crippen LogP contribution is -2.44. The molecule has 1 aliphatic heterocycles. The Morgan fingerprint density at radius 2 is 2.26 bits per heavy atom. The lowest BCUT2D eigenvalue weighted by atomic mass is 9.93. The van der Waals surface area contributed by atoms with Gasteiger partial charge in [0.05, 0.1) is 10.6 Å². The van der Waals surface area contributed by atoms with Crippen LogP contribution in [0.2, 0.25) is 5.02 Å². The second-order valence-corrected chi connectivity index (χ2v) is 5.68. The van der Waals surface area contributed by atoms with Crippen molar-refractivity contribution >= 4 is 23.3 Å². The molecule has 2 rings (SSSR count). The number of carbonyl (C=O) groups is 1. The first-order chi connectivity index (χ1) is 9.02. The molecule has 1 saturated heterocycles. The highest BCUT2D eigenvalue weighted by Gasteiger charge is 2.28. The molecule has 2 unspecified atom stereocenters. The summed E-state index contributed by atoms with van der Waals surface area (Å²) in [5.74, 6) is 1.34. The molecule has 0 aliphatic carbocycles. The van der Waals surface area contributed by atoms with Crippen LogP contribution in [0.5, 0.6) is 0 Å². The van der Waals surface area contributed by atoms with Gasteiger partial charge in [-0.05, 0) is 31.7 Å². The van der Waals surface area contributed by atoms with E-state index in [4.69, 9.17) is 11.6 Å². The van der Waals surface area contributed by atoms with Crippen LogP contribution in [0.25, 0.3) is 0 Å². The number of anilines is 1. The molecule has 1 amide bonds. The smallest absolute Gasteiger partial charge is 0.255 e. The average molecular weight is 282 g/mol. The zero-order chi connectivity index (χ0) is 14.0. The van der Waals surface area contributed by atoms with Gasteiger partial charge in [-0.1, -0.05) is 18.5 Å². The van der Waals surface area contributed by atoms with Crippen LogP contribution in [-0.2, 0) is 0 Å². The van der Waals surface area contributed by atoms with Gasteiger partial charge in [0.2, 0.25) is 0 Å². The summed E-state index contributed by atoms with van der Waals surface area (Å²) in [6.45, 7) is 5.13. The minimum atomic E-state index is 0.00306. The Morgan fingerprint density at radius 1 is 1.53 bits per heavy atom. The first kappa shape index (κ1) is 14.1. The number of nitrogens with one attached hydrogen (secondary N) is 1.